The third kappa shape index (κ3) is 4.22. The lowest BCUT2D eigenvalue weighted by atomic mass is 9.89. The molecule has 0 aliphatic carbocycles. The first-order valence-corrected chi connectivity index (χ1v) is 11.1. The minimum absolute atomic E-state index is 0.00626. The molecule has 2 aliphatic heterocycles. The Kier molecular flexibility index (Phi) is 5.99. The van der Waals surface area contributed by atoms with Gasteiger partial charge in [-0.25, -0.2) is 9.37 Å². The predicted molar refractivity (Wildman–Crippen MR) is 111 cm³/mol. The molecule has 3 atom stereocenters. The van der Waals surface area contributed by atoms with Crippen molar-refractivity contribution in [2.75, 3.05) is 32.8 Å². The van der Waals surface area contributed by atoms with Crippen molar-refractivity contribution in [1.82, 2.24) is 14.8 Å². The second kappa shape index (κ2) is 8.50. The van der Waals surface area contributed by atoms with Crippen LogP contribution in [0.1, 0.15) is 34.1 Å². The number of carbonyl (C=O) groups excluding carboxylic acids is 1. The van der Waals surface area contributed by atoms with E-state index in [9.17, 15) is 9.18 Å². The molecule has 1 amide bonds. The molecule has 0 radical (unpaired) electrons. The number of benzene rings is 1. The van der Waals surface area contributed by atoms with Crippen molar-refractivity contribution >= 4 is 17.2 Å². The van der Waals surface area contributed by atoms with Crippen molar-refractivity contribution in [1.29, 1.82) is 0 Å². The topological polar surface area (TPSA) is 45.7 Å². The van der Waals surface area contributed by atoms with Crippen LogP contribution in [0.3, 0.4) is 0 Å². The number of carbonyl (C=O) groups is 1. The number of amides is 1. The number of hydrogen-bond donors (Lipinski definition) is 0. The minimum atomic E-state index is -0.258. The van der Waals surface area contributed by atoms with Crippen LogP contribution in [-0.4, -0.2) is 53.5 Å². The molecule has 2 aromatic rings. The Balaban J connectivity index is 1.54. The molecule has 2 fully saturated rings. The van der Waals surface area contributed by atoms with E-state index in [1.54, 1.807) is 23.5 Å². The molecule has 2 aliphatic rings. The van der Waals surface area contributed by atoms with Gasteiger partial charge in [0.15, 0.2) is 0 Å². The summed E-state index contributed by atoms with van der Waals surface area (Å²) in [5.74, 6) is 0.417. The Morgan fingerprint density at radius 1 is 1.31 bits per heavy atom. The van der Waals surface area contributed by atoms with Crippen molar-refractivity contribution in [2.24, 2.45) is 11.8 Å². The second-order valence-electron chi connectivity index (χ2n) is 8.05. The van der Waals surface area contributed by atoms with Gasteiger partial charge in [0, 0.05) is 37.0 Å². The number of nitrogens with zero attached hydrogens (tertiary/aromatic N) is 3. The molecule has 0 bridgehead atoms. The monoisotopic (exact) mass is 417 g/mol. The Bertz CT molecular complexity index is 867. The van der Waals surface area contributed by atoms with Crippen LogP contribution in [0.4, 0.5) is 4.39 Å². The lowest BCUT2D eigenvalue weighted by Crippen LogP contribution is -2.37. The highest BCUT2D eigenvalue weighted by Crippen LogP contribution is 2.45. The molecule has 0 unspecified atom stereocenters. The van der Waals surface area contributed by atoms with Gasteiger partial charge in [-0.1, -0.05) is 12.1 Å². The molecular formula is C22H28FN3O2S. The standard InChI is InChI=1S/C22H28FN3O2S/c1-4-28-13-21(27)26-10-17-9-25(12-20-24-14(2)15(3)29-20)11-19(17)22(26)16-6-5-7-18(23)8-16/h5-8,17,19,22H,4,9-13H2,1-3H3/t17-,19-,22+/m0/s1. The summed E-state index contributed by atoms with van der Waals surface area (Å²) in [7, 11) is 0. The third-order valence-corrected chi connectivity index (χ3v) is 7.17. The van der Waals surface area contributed by atoms with Crippen LogP contribution in [0.25, 0.3) is 0 Å². The van der Waals surface area contributed by atoms with Crippen LogP contribution < -0.4 is 0 Å². The van der Waals surface area contributed by atoms with E-state index in [0.717, 1.165) is 35.9 Å². The molecule has 4 rings (SSSR count). The number of fused-ring (bicyclic) bond motifs is 1. The summed E-state index contributed by atoms with van der Waals surface area (Å²) in [5, 5.41) is 1.14. The van der Waals surface area contributed by atoms with Crippen molar-refractivity contribution in [3.05, 3.63) is 51.2 Å². The van der Waals surface area contributed by atoms with E-state index in [1.807, 2.05) is 17.9 Å². The molecule has 0 saturated carbocycles. The first-order chi connectivity index (χ1) is 14.0. The molecule has 1 aromatic heterocycles. The van der Waals surface area contributed by atoms with Gasteiger partial charge in [0.1, 0.15) is 17.4 Å². The number of thiazole rings is 1. The van der Waals surface area contributed by atoms with Crippen LogP contribution in [-0.2, 0) is 16.1 Å². The highest BCUT2D eigenvalue weighted by molar-refractivity contribution is 7.11. The maximum absolute atomic E-state index is 14.0. The van der Waals surface area contributed by atoms with Gasteiger partial charge in [-0.05, 0) is 44.4 Å². The highest BCUT2D eigenvalue weighted by Gasteiger charge is 2.49. The van der Waals surface area contributed by atoms with Crippen molar-refractivity contribution in [2.45, 2.75) is 33.4 Å². The smallest absolute Gasteiger partial charge is 0.249 e. The first-order valence-electron chi connectivity index (χ1n) is 10.2. The van der Waals surface area contributed by atoms with Gasteiger partial charge in [-0.2, -0.15) is 0 Å². The highest BCUT2D eigenvalue weighted by atomic mass is 32.1. The van der Waals surface area contributed by atoms with Crippen LogP contribution in [0.15, 0.2) is 24.3 Å². The number of likely N-dealkylation sites (tertiary alicyclic amines) is 2. The lowest BCUT2D eigenvalue weighted by Gasteiger charge is -2.30. The molecule has 1 aromatic carbocycles. The van der Waals surface area contributed by atoms with Crippen LogP contribution in [0.2, 0.25) is 0 Å². The Labute approximate surface area is 175 Å². The first kappa shape index (κ1) is 20.4. The summed E-state index contributed by atoms with van der Waals surface area (Å²) in [5.41, 5.74) is 1.99. The zero-order valence-corrected chi connectivity index (χ0v) is 18.0. The van der Waals surface area contributed by atoms with Gasteiger partial charge in [0.2, 0.25) is 5.91 Å². The van der Waals surface area contributed by atoms with E-state index in [0.29, 0.717) is 25.0 Å². The van der Waals surface area contributed by atoms with Gasteiger partial charge in [0.25, 0.3) is 0 Å². The molecule has 0 N–H and O–H groups in total. The number of aromatic nitrogens is 1. The number of aryl methyl sites for hydroxylation is 2. The maximum atomic E-state index is 14.0. The Hall–Kier alpha value is -1.83. The van der Waals surface area contributed by atoms with Crippen LogP contribution in [0, 0.1) is 31.5 Å². The average Bonchev–Trinajstić information content (AvgIpc) is 3.32. The van der Waals surface area contributed by atoms with E-state index < -0.39 is 0 Å². The second-order valence-corrected chi connectivity index (χ2v) is 9.34. The normalized spacial score (nSPS) is 24.3. The summed E-state index contributed by atoms with van der Waals surface area (Å²) in [6, 6.07) is 6.60. The van der Waals surface area contributed by atoms with E-state index in [2.05, 4.69) is 23.7 Å². The van der Waals surface area contributed by atoms with Crippen LogP contribution >= 0.6 is 11.3 Å². The number of hydrogen-bond acceptors (Lipinski definition) is 5. The quantitative estimate of drug-likeness (QED) is 0.721. The largest absolute Gasteiger partial charge is 0.372 e. The lowest BCUT2D eigenvalue weighted by molar-refractivity contribution is -0.137. The fraction of sp³-hybridized carbons (Fsp3) is 0.545. The zero-order valence-electron chi connectivity index (χ0n) is 17.2. The van der Waals surface area contributed by atoms with E-state index >= 15 is 0 Å². The van der Waals surface area contributed by atoms with Crippen molar-refractivity contribution in [3.8, 4) is 0 Å². The maximum Gasteiger partial charge on any atom is 0.249 e. The predicted octanol–water partition coefficient (Wildman–Crippen LogP) is 3.57. The van der Waals surface area contributed by atoms with E-state index in [4.69, 9.17) is 4.74 Å². The van der Waals surface area contributed by atoms with E-state index in [1.165, 1.54) is 10.9 Å². The average molecular weight is 418 g/mol. The molecule has 7 heteroatoms. The van der Waals surface area contributed by atoms with Gasteiger partial charge < -0.3 is 9.64 Å². The Morgan fingerprint density at radius 2 is 2.14 bits per heavy atom. The third-order valence-electron chi connectivity index (χ3n) is 6.11. The van der Waals surface area contributed by atoms with Gasteiger partial charge in [-0.3, -0.25) is 9.69 Å². The minimum Gasteiger partial charge on any atom is -0.372 e. The van der Waals surface area contributed by atoms with Gasteiger partial charge in [0.05, 0.1) is 18.3 Å². The molecule has 156 valence electrons. The molecule has 5 nitrogen and oxygen atoms in total. The molecular weight excluding hydrogens is 389 g/mol. The van der Waals surface area contributed by atoms with Crippen molar-refractivity contribution < 1.29 is 13.9 Å². The molecule has 2 saturated heterocycles. The van der Waals surface area contributed by atoms with E-state index in [-0.39, 0.29) is 24.4 Å². The molecule has 3 heterocycles. The number of halogens is 1. The fourth-order valence-electron chi connectivity index (χ4n) is 4.71. The summed E-state index contributed by atoms with van der Waals surface area (Å²) >= 11 is 1.76. The van der Waals surface area contributed by atoms with Crippen LogP contribution in [0.5, 0.6) is 0 Å². The fourth-order valence-corrected chi connectivity index (χ4v) is 5.69. The summed E-state index contributed by atoms with van der Waals surface area (Å²) < 4.78 is 19.3. The molecule has 0 spiro atoms. The summed E-state index contributed by atoms with van der Waals surface area (Å²) in [4.78, 5) is 23.1. The molecule has 29 heavy (non-hydrogen) atoms. The number of rotatable bonds is 6. The van der Waals surface area contributed by atoms with Gasteiger partial charge >= 0.3 is 0 Å². The summed E-state index contributed by atoms with van der Waals surface area (Å²) in [6.07, 6.45) is 0. The zero-order chi connectivity index (χ0) is 20.5. The van der Waals surface area contributed by atoms with Gasteiger partial charge in [-0.15, -0.1) is 11.3 Å². The van der Waals surface area contributed by atoms with Crippen molar-refractivity contribution in [3.63, 3.8) is 0 Å². The SMILES string of the molecule is CCOCC(=O)N1C[C@@H]2CN(Cc3nc(C)c(C)s3)C[C@@H]2[C@H]1c1cccc(F)c1. The Morgan fingerprint density at radius 3 is 2.83 bits per heavy atom. The summed E-state index contributed by atoms with van der Waals surface area (Å²) in [6.45, 7) is 10.0. The number of ether oxygens (including phenoxy) is 1.